The van der Waals surface area contributed by atoms with Crippen LogP contribution in [0.3, 0.4) is 0 Å². The fraction of sp³-hybridized carbons (Fsp3) is 0.250. The molecule has 4 rings (SSSR count). The molecule has 0 aliphatic rings. The quantitative estimate of drug-likeness (QED) is 0.164. The molecule has 0 aliphatic heterocycles. The number of hydrogen-bond acceptors (Lipinski definition) is 4. The van der Waals surface area contributed by atoms with Crippen molar-refractivity contribution in [3.63, 3.8) is 0 Å². The van der Waals surface area contributed by atoms with Gasteiger partial charge < -0.3 is 11.1 Å². The van der Waals surface area contributed by atoms with Crippen LogP contribution in [0.25, 0.3) is 21.8 Å². The van der Waals surface area contributed by atoms with E-state index in [4.69, 9.17) is 11.6 Å². The van der Waals surface area contributed by atoms with Crippen molar-refractivity contribution < 1.29 is 26.3 Å². The van der Waals surface area contributed by atoms with Crippen molar-refractivity contribution in [3.8, 4) is 0 Å². The van der Waals surface area contributed by atoms with Crippen LogP contribution >= 0.6 is 43.5 Å². The second-order valence-electron chi connectivity index (χ2n) is 6.79. The van der Waals surface area contributed by atoms with Crippen LogP contribution < -0.4 is 11.1 Å². The van der Waals surface area contributed by atoms with Crippen molar-refractivity contribution in [1.29, 1.82) is 0 Å². The Morgan fingerprint density at radius 2 is 1.16 bits per heavy atom. The van der Waals surface area contributed by atoms with Gasteiger partial charge in [0.15, 0.2) is 0 Å². The van der Waals surface area contributed by atoms with E-state index >= 15 is 0 Å². The summed E-state index contributed by atoms with van der Waals surface area (Å²) in [6, 6.07) is 18.4. The average molecular weight is 679 g/mol. The van der Waals surface area contributed by atoms with Gasteiger partial charge in [0.2, 0.25) is 0 Å². The van der Waals surface area contributed by atoms with Gasteiger partial charge in [0.1, 0.15) is 17.5 Å². The van der Waals surface area contributed by atoms with Gasteiger partial charge in [0.05, 0.1) is 17.6 Å². The highest BCUT2D eigenvalue weighted by atomic mass is 79.9. The normalized spacial score (nSPS) is 10.8. The third-order valence-electron chi connectivity index (χ3n) is 3.98. The summed E-state index contributed by atoms with van der Waals surface area (Å²) in [5.74, 6) is 0.216. The lowest BCUT2D eigenvalue weighted by Crippen LogP contribution is -2.21. The molecule has 0 amide bonds. The molecule has 2 heterocycles. The molecule has 2 aromatic carbocycles. The average Bonchev–Trinajstić information content (AvgIpc) is 2.77. The number of hydrogen-bond donors (Lipinski definition) is 2. The molecular weight excluding hydrogens is 654 g/mol. The van der Waals surface area contributed by atoms with E-state index in [9.17, 15) is 26.3 Å². The molecule has 37 heavy (non-hydrogen) atoms. The zero-order chi connectivity index (χ0) is 26.2. The topological polar surface area (TPSA) is 63.8 Å². The van der Waals surface area contributed by atoms with Crippen LogP contribution in [0, 0.1) is 0 Å². The van der Waals surface area contributed by atoms with Gasteiger partial charge in [-0.05, 0) is 48.5 Å². The predicted molar refractivity (Wildman–Crippen MR) is 147 cm³/mol. The second-order valence-corrected chi connectivity index (χ2v) is 9.01. The first kappa shape index (κ1) is 34.9. The van der Waals surface area contributed by atoms with E-state index in [0.29, 0.717) is 10.7 Å². The SMILES string of the molecule is C.C.Clc1ccc2ccc(Br)cc2n1.FC(F)(F)CNc1ccc2ccc(Br)cc2n1.NCC(F)(F)F. The van der Waals surface area contributed by atoms with E-state index in [1.807, 2.05) is 36.4 Å². The molecule has 4 nitrogen and oxygen atoms in total. The van der Waals surface area contributed by atoms with Crippen LogP contribution in [0.2, 0.25) is 5.15 Å². The highest BCUT2D eigenvalue weighted by molar-refractivity contribution is 9.10. The van der Waals surface area contributed by atoms with Gasteiger partial charge in [-0.25, -0.2) is 9.97 Å². The Hall–Kier alpha value is -2.15. The zero-order valence-corrected chi connectivity index (χ0v) is 21.5. The maximum absolute atomic E-state index is 12.0. The Balaban J connectivity index is 0.000000569. The lowest BCUT2D eigenvalue weighted by Gasteiger charge is -2.09. The number of benzene rings is 2. The largest absolute Gasteiger partial charge is 0.405 e. The van der Waals surface area contributed by atoms with Gasteiger partial charge in [0, 0.05) is 19.7 Å². The van der Waals surface area contributed by atoms with E-state index < -0.39 is 25.4 Å². The number of rotatable bonds is 2. The molecule has 2 aromatic heterocycles. The Kier molecular flexibility index (Phi) is 14.4. The molecule has 0 spiro atoms. The van der Waals surface area contributed by atoms with Gasteiger partial charge in [-0.3, -0.25) is 0 Å². The van der Waals surface area contributed by atoms with Crippen LogP contribution in [0.1, 0.15) is 14.9 Å². The smallest absolute Gasteiger partial charge is 0.361 e. The van der Waals surface area contributed by atoms with Crippen LogP contribution in [0.5, 0.6) is 0 Å². The Bertz CT molecular complexity index is 1230. The van der Waals surface area contributed by atoms with Crippen molar-refractivity contribution in [2.45, 2.75) is 27.2 Å². The van der Waals surface area contributed by atoms with Crippen molar-refractivity contribution in [2.24, 2.45) is 5.73 Å². The molecule has 0 radical (unpaired) electrons. The number of nitrogens with two attached hydrogens (primary N) is 1. The summed E-state index contributed by atoms with van der Waals surface area (Å²) >= 11 is 12.4. The fourth-order valence-electron chi connectivity index (χ4n) is 2.45. The first-order valence-corrected chi connectivity index (χ1v) is 11.6. The second kappa shape index (κ2) is 15.3. The number of nitrogens with zero attached hydrogens (tertiary/aromatic N) is 2. The van der Waals surface area contributed by atoms with Crippen LogP contribution in [-0.2, 0) is 0 Å². The third kappa shape index (κ3) is 13.3. The number of fused-ring (bicyclic) bond motifs is 2. The predicted octanol–water partition coefficient (Wildman–Crippen LogP) is 9.40. The lowest BCUT2D eigenvalue weighted by molar-refractivity contribution is -0.118. The minimum Gasteiger partial charge on any atom is -0.361 e. The highest BCUT2D eigenvalue weighted by Gasteiger charge is 2.26. The van der Waals surface area contributed by atoms with E-state index in [0.717, 1.165) is 25.2 Å². The van der Waals surface area contributed by atoms with Crippen LogP contribution in [-0.4, -0.2) is 35.4 Å². The molecule has 3 N–H and O–H groups in total. The Morgan fingerprint density at radius 1 is 0.730 bits per heavy atom. The molecular formula is C24H25Br2ClF6N4. The van der Waals surface area contributed by atoms with Crippen molar-refractivity contribution >= 4 is 71.1 Å². The summed E-state index contributed by atoms with van der Waals surface area (Å²) in [4.78, 5) is 8.27. The molecule has 0 fully saturated rings. The maximum Gasteiger partial charge on any atom is 0.405 e. The molecule has 0 saturated carbocycles. The van der Waals surface area contributed by atoms with Crippen molar-refractivity contribution in [1.82, 2.24) is 9.97 Å². The van der Waals surface area contributed by atoms with Crippen LogP contribution in [0.4, 0.5) is 32.2 Å². The highest BCUT2D eigenvalue weighted by Crippen LogP contribution is 2.22. The first-order valence-electron chi connectivity index (χ1n) is 9.61. The number of pyridine rings is 2. The molecule has 204 valence electrons. The number of alkyl halides is 6. The summed E-state index contributed by atoms with van der Waals surface area (Å²) in [7, 11) is 0. The van der Waals surface area contributed by atoms with E-state index in [2.05, 4.69) is 52.9 Å². The molecule has 13 heteroatoms. The number of anilines is 1. The minimum atomic E-state index is -4.24. The molecule has 0 unspecified atom stereocenters. The summed E-state index contributed by atoms with van der Waals surface area (Å²) < 4.78 is 69.9. The Morgan fingerprint density at radius 3 is 1.62 bits per heavy atom. The third-order valence-corrected chi connectivity index (χ3v) is 5.17. The number of nitrogens with one attached hydrogen (secondary N) is 1. The number of aromatic nitrogens is 2. The molecule has 4 aromatic rings. The monoisotopic (exact) mass is 676 g/mol. The van der Waals surface area contributed by atoms with E-state index in [1.165, 1.54) is 6.07 Å². The zero-order valence-electron chi connectivity index (χ0n) is 17.6. The van der Waals surface area contributed by atoms with E-state index in [1.54, 1.807) is 18.2 Å². The Labute approximate surface area is 232 Å². The van der Waals surface area contributed by atoms with Gasteiger partial charge in [-0.2, -0.15) is 26.3 Å². The minimum absolute atomic E-state index is 0. The molecule has 0 saturated heterocycles. The van der Waals surface area contributed by atoms with E-state index in [-0.39, 0.29) is 20.7 Å². The fourth-order valence-corrected chi connectivity index (χ4v) is 3.30. The summed E-state index contributed by atoms with van der Waals surface area (Å²) in [5.41, 5.74) is 5.74. The van der Waals surface area contributed by atoms with Crippen molar-refractivity contribution in [2.75, 3.05) is 18.4 Å². The lowest BCUT2D eigenvalue weighted by atomic mass is 10.2. The van der Waals surface area contributed by atoms with Gasteiger partial charge >= 0.3 is 12.4 Å². The van der Waals surface area contributed by atoms with Gasteiger partial charge in [0.25, 0.3) is 0 Å². The van der Waals surface area contributed by atoms with Crippen molar-refractivity contribution in [3.05, 3.63) is 74.8 Å². The molecule has 0 atom stereocenters. The van der Waals surface area contributed by atoms with Gasteiger partial charge in [-0.15, -0.1) is 0 Å². The van der Waals surface area contributed by atoms with Crippen LogP contribution in [0.15, 0.2) is 69.6 Å². The summed E-state index contributed by atoms with van der Waals surface area (Å²) in [5, 5.41) is 4.75. The standard InChI is InChI=1S/C11H8BrF3N2.C9H5BrClN.C2H4F3N.2CH4/c12-8-3-1-7-2-4-10(17-9(7)5-8)16-6-11(13,14)15;10-7-3-1-6-2-4-9(11)12-8(6)5-7;3-2(4,5)1-6;;/h1-5H,6H2,(H,16,17);1-5H;1,6H2;2*1H4. The number of halogens is 9. The first-order chi connectivity index (χ1) is 16.3. The maximum atomic E-state index is 12.0. The molecule has 0 bridgehead atoms. The molecule has 0 aliphatic carbocycles. The van der Waals surface area contributed by atoms with Gasteiger partial charge in [-0.1, -0.05) is 70.4 Å². The summed E-state index contributed by atoms with van der Waals surface area (Å²) in [6.45, 7) is -2.31. The summed E-state index contributed by atoms with van der Waals surface area (Å²) in [6.07, 6.45) is -8.42.